The molecule has 1 aromatic heterocycles. The van der Waals surface area contributed by atoms with Gasteiger partial charge in [-0.1, -0.05) is 13.8 Å². The van der Waals surface area contributed by atoms with Crippen molar-refractivity contribution in [1.29, 1.82) is 0 Å². The van der Waals surface area contributed by atoms with Crippen molar-refractivity contribution in [1.82, 2.24) is 10.3 Å². The molecule has 1 aliphatic rings. The van der Waals surface area contributed by atoms with Crippen molar-refractivity contribution in [3.8, 4) is 0 Å². The van der Waals surface area contributed by atoms with Crippen LogP contribution in [0.3, 0.4) is 0 Å². The molecule has 1 atom stereocenters. The predicted molar refractivity (Wildman–Crippen MR) is 85.1 cm³/mol. The fraction of sp³-hybridized carbons (Fsp3) is 0.812. The summed E-state index contributed by atoms with van der Waals surface area (Å²) >= 11 is 1.83. The molecule has 0 aromatic carbocycles. The fourth-order valence-electron chi connectivity index (χ4n) is 3.03. The maximum atomic E-state index is 6.19. The van der Waals surface area contributed by atoms with E-state index in [1.807, 2.05) is 17.5 Å². The molecule has 4 heteroatoms. The van der Waals surface area contributed by atoms with Gasteiger partial charge in [-0.2, -0.15) is 0 Å². The van der Waals surface area contributed by atoms with Crippen LogP contribution in [0.1, 0.15) is 69.3 Å². The standard InChI is InChI=1S/C16H28N2OS/c1-5-17-13(4)14-11-18-15(20-14)16(19-6-2)9-7-12(3)8-10-16/h11-13,17H,5-10H2,1-4H3. The first-order chi connectivity index (χ1) is 9.61. The summed E-state index contributed by atoms with van der Waals surface area (Å²) < 4.78 is 6.19. The predicted octanol–water partition coefficient (Wildman–Crippen LogP) is 4.26. The van der Waals surface area contributed by atoms with Crippen molar-refractivity contribution in [3.05, 3.63) is 16.1 Å². The lowest BCUT2D eigenvalue weighted by Crippen LogP contribution is -2.34. The Hall–Kier alpha value is -0.450. The van der Waals surface area contributed by atoms with Crippen molar-refractivity contribution in [2.45, 2.75) is 65.0 Å². The lowest BCUT2D eigenvalue weighted by Gasteiger charge is -2.37. The van der Waals surface area contributed by atoms with E-state index in [0.29, 0.717) is 6.04 Å². The van der Waals surface area contributed by atoms with Gasteiger partial charge in [0, 0.05) is 23.7 Å². The normalized spacial score (nSPS) is 28.5. The summed E-state index contributed by atoms with van der Waals surface area (Å²) in [6.07, 6.45) is 6.76. The van der Waals surface area contributed by atoms with Crippen LogP contribution in [0.4, 0.5) is 0 Å². The van der Waals surface area contributed by atoms with Crippen molar-refractivity contribution in [2.75, 3.05) is 13.2 Å². The minimum absolute atomic E-state index is 0.115. The molecule has 2 rings (SSSR count). The second-order valence-corrected chi connectivity index (χ2v) is 7.02. The zero-order chi connectivity index (χ0) is 14.6. The van der Waals surface area contributed by atoms with Crippen LogP contribution in [0.2, 0.25) is 0 Å². The average molecular weight is 296 g/mol. The van der Waals surface area contributed by atoms with Crippen LogP contribution < -0.4 is 5.32 Å². The largest absolute Gasteiger partial charge is 0.368 e. The summed E-state index contributed by atoms with van der Waals surface area (Å²) in [4.78, 5) is 6.03. The van der Waals surface area contributed by atoms with Gasteiger partial charge in [0.1, 0.15) is 10.6 Å². The highest BCUT2D eigenvalue weighted by Crippen LogP contribution is 2.44. The van der Waals surface area contributed by atoms with E-state index in [1.165, 1.54) is 22.7 Å². The highest BCUT2D eigenvalue weighted by molar-refractivity contribution is 7.11. The van der Waals surface area contributed by atoms with Crippen LogP contribution >= 0.6 is 11.3 Å². The van der Waals surface area contributed by atoms with Gasteiger partial charge in [0.2, 0.25) is 0 Å². The minimum Gasteiger partial charge on any atom is -0.368 e. The Morgan fingerprint density at radius 2 is 2.15 bits per heavy atom. The van der Waals surface area contributed by atoms with E-state index >= 15 is 0 Å². The monoisotopic (exact) mass is 296 g/mol. The third kappa shape index (κ3) is 3.41. The lowest BCUT2D eigenvalue weighted by molar-refractivity contribution is -0.0776. The van der Waals surface area contributed by atoms with Crippen LogP contribution in [0.5, 0.6) is 0 Å². The maximum absolute atomic E-state index is 6.19. The van der Waals surface area contributed by atoms with E-state index in [2.05, 4.69) is 33.0 Å². The molecule has 0 bridgehead atoms. The van der Waals surface area contributed by atoms with Crippen molar-refractivity contribution < 1.29 is 4.74 Å². The smallest absolute Gasteiger partial charge is 0.125 e. The minimum atomic E-state index is -0.115. The van der Waals surface area contributed by atoms with E-state index in [-0.39, 0.29) is 5.60 Å². The van der Waals surface area contributed by atoms with Gasteiger partial charge in [0.25, 0.3) is 0 Å². The molecule has 0 amide bonds. The van der Waals surface area contributed by atoms with E-state index in [0.717, 1.165) is 31.9 Å². The molecule has 0 saturated heterocycles. The molecule has 1 saturated carbocycles. The summed E-state index contributed by atoms with van der Waals surface area (Å²) in [6, 6.07) is 0.382. The van der Waals surface area contributed by atoms with Gasteiger partial charge in [0.05, 0.1) is 0 Å². The molecule has 1 aliphatic carbocycles. The van der Waals surface area contributed by atoms with Crippen molar-refractivity contribution >= 4 is 11.3 Å². The maximum Gasteiger partial charge on any atom is 0.125 e. The van der Waals surface area contributed by atoms with Gasteiger partial charge < -0.3 is 10.1 Å². The first kappa shape index (κ1) is 15.9. The number of nitrogens with zero attached hydrogens (tertiary/aromatic N) is 1. The van der Waals surface area contributed by atoms with Crippen molar-refractivity contribution in [2.24, 2.45) is 5.92 Å². The Balaban J connectivity index is 2.17. The first-order valence-corrected chi connectivity index (χ1v) is 8.76. The van der Waals surface area contributed by atoms with Gasteiger partial charge in [-0.25, -0.2) is 4.98 Å². The molecular formula is C16H28N2OS. The molecule has 20 heavy (non-hydrogen) atoms. The zero-order valence-corrected chi connectivity index (χ0v) is 14.1. The molecule has 1 fully saturated rings. The third-order valence-electron chi connectivity index (χ3n) is 4.35. The Bertz CT molecular complexity index is 410. The van der Waals surface area contributed by atoms with Crippen LogP contribution in [0.15, 0.2) is 6.20 Å². The Morgan fingerprint density at radius 1 is 1.45 bits per heavy atom. The van der Waals surface area contributed by atoms with Crippen LogP contribution in [-0.2, 0) is 10.3 Å². The van der Waals surface area contributed by atoms with Crippen molar-refractivity contribution in [3.63, 3.8) is 0 Å². The lowest BCUT2D eigenvalue weighted by atomic mass is 9.80. The van der Waals surface area contributed by atoms with Crippen LogP contribution in [0, 0.1) is 5.92 Å². The highest BCUT2D eigenvalue weighted by atomic mass is 32.1. The summed E-state index contributed by atoms with van der Waals surface area (Å²) in [5, 5.41) is 4.65. The van der Waals surface area contributed by atoms with Gasteiger partial charge in [-0.15, -0.1) is 11.3 Å². The summed E-state index contributed by atoms with van der Waals surface area (Å²) in [5.41, 5.74) is -0.115. The molecule has 0 radical (unpaired) electrons. The molecule has 1 unspecified atom stereocenters. The molecule has 0 spiro atoms. The zero-order valence-electron chi connectivity index (χ0n) is 13.2. The quantitative estimate of drug-likeness (QED) is 0.852. The molecule has 1 heterocycles. The second kappa shape index (κ2) is 7.01. The topological polar surface area (TPSA) is 34.2 Å². The average Bonchev–Trinajstić information content (AvgIpc) is 2.92. The summed E-state index contributed by atoms with van der Waals surface area (Å²) in [6.45, 7) is 10.5. The number of thiazole rings is 1. The molecule has 1 aromatic rings. The van der Waals surface area contributed by atoms with E-state index in [9.17, 15) is 0 Å². The van der Waals surface area contributed by atoms with Crippen LogP contribution in [0.25, 0.3) is 0 Å². The number of hydrogen-bond donors (Lipinski definition) is 1. The van der Waals surface area contributed by atoms with Crippen LogP contribution in [-0.4, -0.2) is 18.1 Å². The number of aromatic nitrogens is 1. The van der Waals surface area contributed by atoms with Gasteiger partial charge in [-0.05, 0) is 52.0 Å². The first-order valence-electron chi connectivity index (χ1n) is 7.94. The fourth-order valence-corrected chi connectivity index (χ4v) is 4.17. The number of nitrogens with one attached hydrogen (secondary N) is 1. The molecule has 0 aliphatic heterocycles. The molecular weight excluding hydrogens is 268 g/mol. The number of rotatable bonds is 6. The number of hydrogen-bond acceptors (Lipinski definition) is 4. The SMILES string of the molecule is CCNC(C)c1cnc(C2(OCC)CCC(C)CC2)s1. The highest BCUT2D eigenvalue weighted by Gasteiger charge is 2.39. The second-order valence-electron chi connectivity index (χ2n) is 5.96. The van der Waals surface area contributed by atoms with E-state index in [1.54, 1.807) is 0 Å². The Morgan fingerprint density at radius 3 is 2.75 bits per heavy atom. The van der Waals surface area contributed by atoms with Gasteiger partial charge in [-0.3, -0.25) is 0 Å². The summed E-state index contributed by atoms with van der Waals surface area (Å²) in [5.74, 6) is 0.823. The Kier molecular flexibility index (Phi) is 5.58. The third-order valence-corrected chi connectivity index (χ3v) is 5.72. The molecule has 3 nitrogen and oxygen atoms in total. The summed E-state index contributed by atoms with van der Waals surface area (Å²) in [7, 11) is 0. The Labute approximate surface area is 127 Å². The molecule has 1 N–H and O–H groups in total. The van der Waals surface area contributed by atoms with E-state index < -0.39 is 0 Å². The van der Waals surface area contributed by atoms with E-state index in [4.69, 9.17) is 9.72 Å². The number of ether oxygens (including phenoxy) is 1. The van der Waals surface area contributed by atoms with Gasteiger partial charge in [0.15, 0.2) is 0 Å². The van der Waals surface area contributed by atoms with Gasteiger partial charge >= 0.3 is 0 Å². The molecule has 114 valence electrons.